The molecule has 3 fully saturated rings. The van der Waals surface area contributed by atoms with Gasteiger partial charge >= 0.3 is 0 Å². The Morgan fingerprint density at radius 2 is 1.65 bits per heavy atom. The Labute approximate surface area is 106 Å². The molecule has 1 heterocycles. The molecule has 0 aromatic heterocycles. The van der Waals surface area contributed by atoms with E-state index in [1.165, 1.54) is 64.5 Å². The molecule has 2 aliphatic carbocycles. The first-order chi connectivity index (χ1) is 8.31. The zero-order valence-electron chi connectivity index (χ0n) is 11.3. The van der Waals surface area contributed by atoms with E-state index in [2.05, 4.69) is 17.1 Å². The van der Waals surface area contributed by atoms with E-state index in [1.54, 1.807) is 0 Å². The van der Waals surface area contributed by atoms with Crippen molar-refractivity contribution in [3.8, 4) is 0 Å². The van der Waals surface area contributed by atoms with Gasteiger partial charge in [0, 0.05) is 31.2 Å². The van der Waals surface area contributed by atoms with Crippen molar-refractivity contribution in [1.29, 1.82) is 0 Å². The van der Waals surface area contributed by atoms with Crippen molar-refractivity contribution in [2.24, 2.45) is 5.92 Å². The number of hydrogen-bond donors (Lipinski definition) is 1. The number of hydrogen-bond acceptors (Lipinski definition) is 2. The van der Waals surface area contributed by atoms with E-state index in [1.807, 2.05) is 0 Å². The quantitative estimate of drug-likeness (QED) is 0.810. The van der Waals surface area contributed by atoms with Crippen molar-refractivity contribution in [2.45, 2.75) is 76.4 Å². The summed E-state index contributed by atoms with van der Waals surface area (Å²) in [6, 6.07) is 2.57. The lowest BCUT2D eigenvalue weighted by Crippen LogP contribution is -2.53. The van der Waals surface area contributed by atoms with E-state index in [-0.39, 0.29) is 0 Å². The van der Waals surface area contributed by atoms with Crippen LogP contribution in [0.5, 0.6) is 0 Å². The highest BCUT2D eigenvalue weighted by molar-refractivity contribution is 4.91. The fourth-order valence-electron chi connectivity index (χ4n) is 3.84. The van der Waals surface area contributed by atoms with Crippen molar-refractivity contribution < 1.29 is 0 Å². The third kappa shape index (κ3) is 3.23. The number of rotatable bonds is 3. The van der Waals surface area contributed by atoms with Gasteiger partial charge in [0.15, 0.2) is 0 Å². The Morgan fingerprint density at radius 3 is 2.35 bits per heavy atom. The monoisotopic (exact) mass is 236 g/mol. The maximum Gasteiger partial charge on any atom is 0.0200 e. The van der Waals surface area contributed by atoms with Gasteiger partial charge in [-0.3, -0.25) is 4.90 Å². The minimum atomic E-state index is 0.785. The van der Waals surface area contributed by atoms with Crippen molar-refractivity contribution in [1.82, 2.24) is 10.2 Å². The van der Waals surface area contributed by atoms with E-state index in [0.717, 1.165) is 24.0 Å². The van der Waals surface area contributed by atoms with Gasteiger partial charge in [-0.2, -0.15) is 0 Å². The second-order valence-corrected chi connectivity index (χ2v) is 6.72. The summed E-state index contributed by atoms with van der Waals surface area (Å²) in [5, 5.41) is 3.85. The molecule has 1 aliphatic heterocycles. The molecule has 0 bridgehead atoms. The minimum absolute atomic E-state index is 0.785. The topological polar surface area (TPSA) is 15.3 Å². The Morgan fingerprint density at radius 1 is 0.882 bits per heavy atom. The molecule has 2 saturated carbocycles. The summed E-state index contributed by atoms with van der Waals surface area (Å²) >= 11 is 0. The van der Waals surface area contributed by atoms with Crippen LogP contribution in [-0.4, -0.2) is 36.1 Å². The summed E-state index contributed by atoms with van der Waals surface area (Å²) < 4.78 is 0. The number of nitrogens with one attached hydrogen (secondary N) is 1. The second-order valence-electron chi connectivity index (χ2n) is 6.72. The maximum atomic E-state index is 3.85. The van der Waals surface area contributed by atoms with Gasteiger partial charge in [-0.05, 0) is 38.0 Å². The van der Waals surface area contributed by atoms with Crippen molar-refractivity contribution in [3.05, 3.63) is 0 Å². The molecule has 17 heavy (non-hydrogen) atoms. The normalized spacial score (nSPS) is 37.2. The molecular weight excluding hydrogens is 208 g/mol. The first kappa shape index (κ1) is 12.0. The van der Waals surface area contributed by atoms with Crippen molar-refractivity contribution in [3.63, 3.8) is 0 Å². The van der Waals surface area contributed by atoms with Gasteiger partial charge in [-0.25, -0.2) is 0 Å². The van der Waals surface area contributed by atoms with Gasteiger partial charge in [0.1, 0.15) is 0 Å². The van der Waals surface area contributed by atoms with E-state index in [9.17, 15) is 0 Å². The van der Waals surface area contributed by atoms with Crippen LogP contribution in [0, 0.1) is 5.92 Å². The molecule has 3 aliphatic rings. The Hall–Kier alpha value is -0.0800. The average Bonchev–Trinajstić information content (AvgIpc) is 3.13. The molecule has 2 heteroatoms. The van der Waals surface area contributed by atoms with E-state index in [4.69, 9.17) is 0 Å². The van der Waals surface area contributed by atoms with Gasteiger partial charge in [0.2, 0.25) is 0 Å². The van der Waals surface area contributed by atoms with Gasteiger partial charge in [-0.15, -0.1) is 0 Å². The van der Waals surface area contributed by atoms with Gasteiger partial charge in [0.05, 0.1) is 0 Å². The lowest BCUT2D eigenvalue weighted by atomic mass is 9.89. The van der Waals surface area contributed by atoms with E-state index < -0.39 is 0 Å². The lowest BCUT2D eigenvalue weighted by Gasteiger charge is -2.42. The number of nitrogens with zero attached hydrogens (tertiary/aromatic N) is 1. The number of likely N-dealkylation sites (tertiary alicyclic amines) is 1. The summed E-state index contributed by atoms with van der Waals surface area (Å²) in [6.45, 7) is 5.12. The summed E-state index contributed by atoms with van der Waals surface area (Å²) in [5.74, 6) is 0.891. The molecule has 0 amide bonds. The highest BCUT2D eigenvalue weighted by Gasteiger charge is 2.32. The predicted octanol–water partition coefficient (Wildman–Crippen LogP) is 2.78. The maximum absolute atomic E-state index is 3.85. The summed E-state index contributed by atoms with van der Waals surface area (Å²) in [7, 11) is 0. The van der Waals surface area contributed by atoms with Crippen LogP contribution >= 0.6 is 0 Å². The van der Waals surface area contributed by atoms with E-state index >= 15 is 0 Å². The molecule has 3 rings (SSSR count). The van der Waals surface area contributed by atoms with Crippen LogP contribution in [0.2, 0.25) is 0 Å². The van der Waals surface area contributed by atoms with Crippen LogP contribution < -0.4 is 5.32 Å². The molecule has 0 radical (unpaired) electrons. The summed E-state index contributed by atoms with van der Waals surface area (Å²) in [5.41, 5.74) is 0. The zero-order valence-corrected chi connectivity index (χ0v) is 11.3. The molecule has 98 valence electrons. The SMILES string of the molecule is CC1CC(NC2CC2)CN(C2CCCCC2)C1. The van der Waals surface area contributed by atoms with Gasteiger partial charge < -0.3 is 5.32 Å². The minimum Gasteiger partial charge on any atom is -0.310 e. The Bertz CT molecular complexity index is 241. The van der Waals surface area contributed by atoms with Crippen LogP contribution in [0.4, 0.5) is 0 Å². The fourth-order valence-corrected chi connectivity index (χ4v) is 3.84. The first-order valence-electron chi connectivity index (χ1n) is 7.81. The van der Waals surface area contributed by atoms with Crippen LogP contribution in [0.15, 0.2) is 0 Å². The fraction of sp³-hybridized carbons (Fsp3) is 1.00. The highest BCUT2D eigenvalue weighted by atomic mass is 15.2. The van der Waals surface area contributed by atoms with Crippen LogP contribution in [-0.2, 0) is 0 Å². The van der Waals surface area contributed by atoms with Crippen molar-refractivity contribution >= 4 is 0 Å². The van der Waals surface area contributed by atoms with Crippen LogP contribution in [0.25, 0.3) is 0 Å². The second kappa shape index (κ2) is 5.27. The first-order valence-corrected chi connectivity index (χ1v) is 7.81. The third-order valence-corrected chi connectivity index (χ3v) is 4.83. The summed E-state index contributed by atoms with van der Waals surface area (Å²) in [6.07, 6.45) is 11.6. The number of piperidine rings is 1. The van der Waals surface area contributed by atoms with Gasteiger partial charge in [0.25, 0.3) is 0 Å². The standard InChI is InChI=1S/C15H28N2/c1-12-9-14(16-13-7-8-13)11-17(10-12)15-5-3-2-4-6-15/h12-16H,2-11H2,1H3. The molecule has 0 spiro atoms. The zero-order chi connectivity index (χ0) is 11.7. The average molecular weight is 236 g/mol. The molecule has 2 unspecified atom stereocenters. The van der Waals surface area contributed by atoms with Crippen LogP contribution in [0.1, 0.15) is 58.3 Å². The molecule has 2 nitrogen and oxygen atoms in total. The highest BCUT2D eigenvalue weighted by Crippen LogP contribution is 2.28. The summed E-state index contributed by atoms with van der Waals surface area (Å²) in [4.78, 5) is 2.81. The molecule has 2 atom stereocenters. The third-order valence-electron chi connectivity index (χ3n) is 4.83. The molecule has 1 saturated heterocycles. The van der Waals surface area contributed by atoms with Gasteiger partial charge in [-0.1, -0.05) is 26.2 Å². The van der Waals surface area contributed by atoms with Crippen LogP contribution in [0.3, 0.4) is 0 Å². The molecule has 0 aromatic rings. The van der Waals surface area contributed by atoms with Crippen molar-refractivity contribution in [2.75, 3.05) is 13.1 Å². The van der Waals surface area contributed by atoms with E-state index in [0.29, 0.717) is 0 Å². The molecule has 0 aromatic carbocycles. The smallest absolute Gasteiger partial charge is 0.0200 e. The lowest BCUT2D eigenvalue weighted by molar-refractivity contribution is 0.0824. The Kier molecular flexibility index (Phi) is 3.72. The molecular formula is C15H28N2. The largest absolute Gasteiger partial charge is 0.310 e. The molecule has 1 N–H and O–H groups in total. The Balaban J connectivity index is 1.55. The predicted molar refractivity (Wildman–Crippen MR) is 72.2 cm³/mol.